The maximum Gasteiger partial charge on any atom is 0.242 e. The highest BCUT2D eigenvalue weighted by molar-refractivity contribution is 7.89. The molecule has 0 aliphatic heterocycles. The lowest BCUT2D eigenvalue weighted by Gasteiger charge is -2.41. The number of aliphatic hydroxyl groups excluding tert-OH is 1. The van der Waals surface area contributed by atoms with Crippen LogP contribution in [0.15, 0.2) is 10.3 Å². The maximum atomic E-state index is 12.4. The summed E-state index contributed by atoms with van der Waals surface area (Å²) in [6.07, 6.45) is 4.39. The Labute approximate surface area is 118 Å². The molecule has 0 saturated heterocycles. The molecular weight excluding hydrogens is 282 g/mol. The molecule has 0 amide bonds. The first-order chi connectivity index (χ1) is 8.94. The standard InChI is InChI=1S/C13H21NO3S2/c1-3-13(5-4-6-13)9-14-19(16,17)12-10(2)8-18-11(12)7-15/h8,14-15H,3-7,9H2,1-2H3. The van der Waals surface area contributed by atoms with E-state index < -0.39 is 10.0 Å². The normalized spacial score (nSPS) is 18.3. The number of aryl methyl sites for hydroxylation is 1. The van der Waals surface area contributed by atoms with Gasteiger partial charge in [0.05, 0.1) is 11.5 Å². The lowest BCUT2D eigenvalue weighted by Crippen LogP contribution is -2.41. The highest BCUT2D eigenvalue weighted by Crippen LogP contribution is 2.43. The third-order valence-corrected chi connectivity index (χ3v) is 7.05. The second kappa shape index (κ2) is 5.52. The Morgan fingerprint density at radius 2 is 2.16 bits per heavy atom. The third kappa shape index (κ3) is 2.86. The molecule has 1 aliphatic rings. The highest BCUT2D eigenvalue weighted by atomic mass is 32.2. The van der Waals surface area contributed by atoms with E-state index >= 15 is 0 Å². The van der Waals surface area contributed by atoms with Crippen LogP contribution in [0.4, 0.5) is 0 Å². The molecule has 1 aromatic heterocycles. The predicted molar refractivity (Wildman–Crippen MR) is 76.7 cm³/mol. The van der Waals surface area contributed by atoms with Gasteiger partial charge in [-0.2, -0.15) is 0 Å². The van der Waals surface area contributed by atoms with Crippen LogP contribution in [0.3, 0.4) is 0 Å². The van der Waals surface area contributed by atoms with Gasteiger partial charge >= 0.3 is 0 Å². The van der Waals surface area contributed by atoms with E-state index in [1.165, 1.54) is 17.8 Å². The molecule has 2 N–H and O–H groups in total. The van der Waals surface area contributed by atoms with Gasteiger partial charge in [-0.1, -0.05) is 13.3 Å². The van der Waals surface area contributed by atoms with E-state index in [1.54, 1.807) is 12.3 Å². The summed E-state index contributed by atoms with van der Waals surface area (Å²) in [7, 11) is -3.51. The van der Waals surface area contributed by atoms with Crippen LogP contribution in [-0.4, -0.2) is 20.1 Å². The SMILES string of the molecule is CCC1(CNS(=O)(=O)c2c(C)csc2CO)CCC1. The number of hydrogen-bond acceptors (Lipinski definition) is 4. The predicted octanol–water partition coefficient (Wildman–Crippen LogP) is 2.41. The van der Waals surface area contributed by atoms with Gasteiger partial charge in [0.15, 0.2) is 0 Å². The van der Waals surface area contributed by atoms with Crippen LogP contribution in [-0.2, 0) is 16.6 Å². The van der Waals surface area contributed by atoms with Crippen molar-refractivity contribution in [1.82, 2.24) is 4.72 Å². The van der Waals surface area contributed by atoms with Gasteiger partial charge in [-0.15, -0.1) is 11.3 Å². The molecule has 0 atom stereocenters. The van der Waals surface area contributed by atoms with Crippen molar-refractivity contribution >= 4 is 21.4 Å². The Hall–Kier alpha value is -0.430. The molecule has 4 nitrogen and oxygen atoms in total. The first kappa shape index (κ1) is 15.0. The Morgan fingerprint density at radius 1 is 1.47 bits per heavy atom. The van der Waals surface area contributed by atoms with E-state index in [-0.39, 0.29) is 16.9 Å². The van der Waals surface area contributed by atoms with Crippen molar-refractivity contribution < 1.29 is 13.5 Å². The van der Waals surface area contributed by atoms with Gasteiger partial charge in [-0.05, 0) is 42.5 Å². The molecular formula is C13H21NO3S2. The number of aliphatic hydroxyl groups is 1. The molecule has 19 heavy (non-hydrogen) atoms. The van der Waals surface area contributed by atoms with Crippen LogP contribution < -0.4 is 4.72 Å². The van der Waals surface area contributed by atoms with E-state index in [9.17, 15) is 13.5 Å². The average Bonchev–Trinajstić information content (AvgIpc) is 2.70. The first-order valence-electron chi connectivity index (χ1n) is 6.61. The number of rotatable bonds is 6. The van der Waals surface area contributed by atoms with Crippen LogP contribution in [0.5, 0.6) is 0 Å². The Morgan fingerprint density at radius 3 is 2.63 bits per heavy atom. The van der Waals surface area contributed by atoms with Crippen molar-refractivity contribution in [3.63, 3.8) is 0 Å². The minimum Gasteiger partial charge on any atom is -0.391 e. The van der Waals surface area contributed by atoms with E-state index in [0.717, 1.165) is 19.3 Å². The molecule has 0 radical (unpaired) electrons. The van der Waals surface area contributed by atoms with Gasteiger partial charge in [0.2, 0.25) is 10.0 Å². The largest absolute Gasteiger partial charge is 0.391 e. The second-order valence-electron chi connectivity index (χ2n) is 5.36. The third-order valence-electron chi connectivity index (χ3n) is 4.20. The zero-order chi connectivity index (χ0) is 14.1. The first-order valence-corrected chi connectivity index (χ1v) is 8.98. The fourth-order valence-corrected chi connectivity index (χ4v) is 5.42. The molecule has 0 spiro atoms. The molecule has 1 saturated carbocycles. The molecule has 2 rings (SSSR count). The van der Waals surface area contributed by atoms with Gasteiger partial charge in [-0.3, -0.25) is 0 Å². The molecule has 1 fully saturated rings. The van der Waals surface area contributed by atoms with Crippen LogP contribution in [0.2, 0.25) is 0 Å². The van der Waals surface area contributed by atoms with Crippen molar-refractivity contribution in [2.24, 2.45) is 5.41 Å². The van der Waals surface area contributed by atoms with Gasteiger partial charge in [0, 0.05) is 6.54 Å². The number of sulfonamides is 1. The molecule has 1 heterocycles. The van der Waals surface area contributed by atoms with E-state index in [1.807, 2.05) is 0 Å². The van der Waals surface area contributed by atoms with Crippen LogP contribution in [0, 0.1) is 12.3 Å². The number of thiophene rings is 1. The molecule has 0 bridgehead atoms. The van der Waals surface area contributed by atoms with Crippen molar-refractivity contribution in [2.45, 2.75) is 51.0 Å². The minimum atomic E-state index is -3.51. The van der Waals surface area contributed by atoms with Crippen molar-refractivity contribution in [3.8, 4) is 0 Å². The van der Waals surface area contributed by atoms with Gasteiger partial charge in [0.1, 0.15) is 4.90 Å². The lowest BCUT2D eigenvalue weighted by atomic mass is 9.67. The Bertz CT molecular complexity index is 539. The quantitative estimate of drug-likeness (QED) is 0.848. The van der Waals surface area contributed by atoms with Crippen molar-refractivity contribution in [1.29, 1.82) is 0 Å². The van der Waals surface area contributed by atoms with Crippen LogP contribution in [0.1, 0.15) is 43.0 Å². The zero-order valence-corrected chi connectivity index (χ0v) is 13.0. The molecule has 1 aromatic rings. The van der Waals surface area contributed by atoms with Crippen molar-refractivity contribution in [3.05, 3.63) is 15.8 Å². The summed E-state index contributed by atoms with van der Waals surface area (Å²) in [5, 5.41) is 11.0. The summed E-state index contributed by atoms with van der Waals surface area (Å²) in [5.74, 6) is 0. The molecule has 1 aliphatic carbocycles. The fourth-order valence-electron chi connectivity index (χ4n) is 2.61. The summed E-state index contributed by atoms with van der Waals surface area (Å²) in [5.41, 5.74) is 0.858. The monoisotopic (exact) mass is 303 g/mol. The number of hydrogen-bond donors (Lipinski definition) is 2. The smallest absolute Gasteiger partial charge is 0.242 e. The van der Waals surface area contributed by atoms with Crippen LogP contribution >= 0.6 is 11.3 Å². The number of nitrogens with one attached hydrogen (secondary N) is 1. The van der Waals surface area contributed by atoms with Crippen molar-refractivity contribution in [2.75, 3.05) is 6.54 Å². The van der Waals surface area contributed by atoms with E-state index in [4.69, 9.17) is 0 Å². The average molecular weight is 303 g/mol. The van der Waals surface area contributed by atoms with Crippen LogP contribution in [0.25, 0.3) is 0 Å². The second-order valence-corrected chi connectivity index (χ2v) is 8.03. The fraction of sp³-hybridized carbons (Fsp3) is 0.692. The van der Waals surface area contributed by atoms with Gasteiger partial charge in [0.25, 0.3) is 0 Å². The Balaban J connectivity index is 2.16. The summed E-state index contributed by atoms with van der Waals surface area (Å²) in [6.45, 7) is 4.16. The highest BCUT2D eigenvalue weighted by Gasteiger charge is 2.36. The lowest BCUT2D eigenvalue weighted by molar-refractivity contribution is 0.133. The minimum absolute atomic E-state index is 0.149. The van der Waals surface area contributed by atoms with E-state index in [0.29, 0.717) is 17.0 Å². The van der Waals surface area contributed by atoms with Gasteiger partial charge < -0.3 is 5.11 Å². The summed E-state index contributed by atoms with van der Waals surface area (Å²) < 4.78 is 27.5. The molecule has 108 valence electrons. The van der Waals surface area contributed by atoms with Gasteiger partial charge in [-0.25, -0.2) is 13.1 Å². The summed E-state index contributed by atoms with van der Waals surface area (Å²) >= 11 is 1.29. The topological polar surface area (TPSA) is 66.4 Å². The molecule has 6 heteroatoms. The Kier molecular flexibility index (Phi) is 4.35. The zero-order valence-electron chi connectivity index (χ0n) is 11.4. The molecule has 0 aromatic carbocycles. The summed E-state index contributed by atoms with van der Waals surface area (Å²) in [4.78, 5) is 0.787. The summed E-state index contributed by atoms with van der Waals surface area (Å²) in [6, 6.07) is 0. The molecule has 0 unspecified atom stereocenters. The maximum absolute atomic E-state index is 12.4. The van der Waals surface area contributed by atoms with E-state index in [2.05, 4.69) is 11.6 Å².